The molecule has 7 nitrogen and oxygen atoms in total. The molecule has 0 aliphatic heterocycles. The van der Waals surface area contributed by atoms with Gasteiger partial charge < -0.3 is 20.5 Å². The molecule has 7 heteroatoms. The van der Waals surface area contributed by atoms with Gasteiger partial charge in [0.15, 0.2) is 0 Å². The topological polar surface area (TPSA) is 105 Å². The Kier molecular flexibility index (Phi) is 5.50. The van der Waals surface area contributed by atoms with E-state index >= 15 is 0 Å². The van der Waals surface area contributed by atoms with Crippen molar-refractivity contribution in [2.75, 3.05) is 13.2 Å². The maximum Gasteiger partial charge on any atom is 0.407 e. The van der Waals surface area contributed by atoms with E-state index in [9.17, 15) is 14.4 Å². The van der Waals surface area contributed by atoms with Crippen LogP contribution in [-0.4, -0.2) is 42.3 Å². The summed E-state index contributed by atoms with van der Waals surface area (Å²) in [6.45, 7) is 0.636. The Balaban J connectivity index is 1.08. The van der Waals surface area contributed by atoms with Gasteiger partial charge in [-0.3, -0.25) is 9.59 Å². The average molecular weight is 475 g/mol. The van der Waals surface area contributed by atoms with E-state index in [4.69, 9.17) is 9.84 Å². The molecule has 0 saturated heterocycles. The normalized spacial score (nSPS) is 29.8. The summed E-state index contributed by atoms with van der Waals surface area (Å²) in [6.07, 6.45) is 3.08. The molecular formula is C28H30N2O5. The molecular weight excluding hydrogens is 444 g/mol. The predicted molar refractivity (Wildman–Crippen MR) is 129 cm³/mol. The monoisotopic (exact) mass is 474 g/mol. The number of hydrogen-bond acceptors (Lipinski definition) is 4. The van der Waals surface area contributed by atoms with Gasteiger partial charge in [-0.15, -0.1) is 0 Å². The predicted octanol–water partition coefficient (Wildman–Crippen LogP) is 3.78. The number of nitrogens with one attached hydrogen (secondary N) is 2. The lowest BCUT2D eigenvalue weighted by atomic mass is 9.83. The highest BCUT2D eigenvalue weighted by Gasteiger charge is 2.52. The van der Waals surface area contributed by atoms with Crippen molar-refractivity contribution in [2.24, 2.45) is 29.6 Å². The number of rotatable bonds is 7. The molecule has 182 valence electrons. The third-order valence-corrected chi connectivity index (χ3v) is 8.63. The van der Waals surface area contributed by atoms with Gasteiger partial charge in [0.05, 0.1) is 11.8 Å². The summed E-state index contributed by atoms with van der Waals surface area (Å²) < 4.78 is 5.74. The van der Waals surface area contributed by atoms with Gasteiger partial charge in [-0.05, 0) is 65.7 Å². The number of carboxylic acids is 1. The van der Waals surface area contributed by atoms with E-state index in [1.807, 2.05) is 24.3 Å². The van der Waals surface area contributed by atoms with Crippen LogP contribution in [0.15, 0.2) is 48.5 Å². The van der Waals surface area contributed by atoms with Crippen LogP contribution in [0.3, 0.4) is 0 Å². The van der Waals surface area contributed by atoms with Crippen LogP contribution >= 0.6 is 0 Å². The quantitative estimate of drug-likeness (QED) is 0.567. The molecule has 3 N–H and O–H groups in total. The van der Waals surface area contributed by atoms with Crippen LogP contribution in [0.25, 0.3) is 11.1 Å². The van der Waals surface area contributed by atoms with Gasteiger partial charge in [-0.2, -0.15) is 0 Å². The van der Waals surface area contributed by atoms with Crippen LogP contribution in [0.2, 0.25) is 0 Å². The lowest BCUT2D eigenvalue weighted by Crippen LogP contribution is -2.50. The van der Waals surface area contributed by atoms with Crippen molar-refractivity contribution < 1.29 is 24.2 Å². The first kappa shape index (κ1) is 22.1. The molecule has 4 aliphatic rings. The molecule has 4 unspecified atom stereocenters. The number of alkyl carbamates (subject to hydrolysis) is 1. The fourth-order valence-electron chi connectivity index (χ4n) is 6.78. The van der Waals surface area contributed by atoms with Gasteiger partial charge in [0.2, 0.25) is 5.91 Å². The number of hydrogen-bond donors (Lipinski definition) is 3. The first-order chi connectivity index (χ1) is 17.0. The molecule has 3 saturated carbocycles. The standard InChI is InChI=1S/C28H30N2O5/c31-26(29-13-17-12-22(17)27(32)33)24-15-9-10-16(11-15)25(24)30-28(34)35-14-23-20-7-3-1-5-18(20)19-6-2-4-8-21(19)23/h1-8,15-17,22-25H,9-14H2,(H,29,31)(H,30,34)(H,32,33)/t15?,16?,17-,22-,24?,25?/m0/s1. The number of aliphatic carboxylic acids is 1. The van der Waals surface area contributed by atoms with Gasteiger partial charge in [0.1, 0.15) is 6.61 Å². The zero-order valence-electron chi connectivity index (χ0n) is 19.5. The van der Waals surface area contributed by atoms with E-state index in [1.54, 1.807) is 0 Å². The lowest BCUT2D eigenvalue weighted by molar-refractivity contribution is -0.139. The van der Waals surface area contributed by atoms with Gasteiger partial charge in [0.25, 0.3) is 0 Å². The Hall–Kier alpha value is -3.35. The van der Waals surface area contributed by atoms with Gasteiger partial charge in [-0.1, -0.05) is 48.5 Å². The third-order valence-electron chi connectivity index (χ3n) is 8.63. The number of carboxylic acid groups (broad SMARTS) is 1. The fraction of sp³-hybridized carbons (Fsp3) is 0.464. The fourth-order valence-corrected chi connectivity index (χ4v) is 6.78. The maximum absolute atomic E-state index is 13.0. The van der Waals surface area contributed by atoms with Gasteiger partial charge >= 0.3 is 12.1 Å². The van der Waals surface area contributed by atoms with E-state index in [2.05, 4.69) is 34.9 Å². The first-order valence-corrected chi connectivity index (χ1v) is 12.6. The summed E-state index contributed by atoms with van der Waals surface area (Å²) in [5.74, 6) is -0.939. The number of fused-ring (bicyclic) bond motifs is 5. The second-order valence-corrected chi connectivity index (χ2v) is 10.5. The Labute approximate surface area is 204 Å². The maximum atomic E-state index is 13.0. The zero-order chi connectivity index (χ0) is 24.1. The van der Waals surface area contributed by atoms with E-state index < -0.39 is 12.1 Å². The van der Waals surface area contributed by atoms with Crippen molar-refractivity contribution in [3.8, 4) is 11.1 Å². The second kappa shape index (κ2) is 8.70. The molecule has 0 spiro atoms. The molecule has 2 bridgehead atoms. The highest BCUT2D eigenvalue weighted by Crippen LogP contribution is 2.49. The summed E-state index contributed by atoms with van der Waals surface area (Å²) >= 11 is 0. The molecule has 35 heavy (non-hydrogen) atoms. The van der Waals surface area contributed by atoms with Crippen LogP contribution in [0.4, 0.5) is 4.79 Å². The molecule has 3 fully saturated rings. The molecule has 4 aliphatic carbocycles. The van der Waals surface area contributed by atoms with E-state index in [0.717, 1.165) is 19.3 Å². The van der Waals surface area contributed by atoms with Gasteiger partial charge in [0, 0.05) is 18.5 Å². The van der Waals surface area contributed by atoms with Crippen LogP contribution in [0.1, 0.15) is 42.7 Å². The van der Waals surface area contributed by atoms with Crippen molar-refractivity contribution in [1.82, 2.24) is 10.6 Å². The number of carbonyl (C=O) groups excluding carboxylic acids is 2. The summed E-state index contributed by atoms with van der Waals surface area (Å²) in [6, 6.07) is 16.2. The molecule has 2 amide bonds. The highest BCUT2D eigenvalue weighted by molar-refractivity contribution is 5.82. The zero-order valence-corrected chi connectivity index (χ0v) is 19.5. The van der Waals surface area contributed by atoms with E-state index in [-0.39, 0.29) is 54.1 Å². The van der Waals surface area contributed by atoms with E-state index in [1.165, 1.54) is 22.3 Å². The lowest BCUT2D eigenvalue weighted by Gasteiger charge is -2.30. The molecule has 0 aromatic heterocycles. The molecule has 0 heterocycles. The van der Waals surface area contributed by atoms with Crippen molar-refractivity contribution >= 4 is 18.0 Å². The average Bonchev–Trinajstić information content (AvgIpc) is 3.20. The minimum Gasteiger partial charge on any atom is -0.481 e. The second-order valence-electron chi connectivity index (χ2n) is 10.5. The minimum atomic E-state index is -0.793. The van der Waals surface area contributed by atoms with Crippen LogP contribution < -0.4 is 10.6 Å². The largest absolute Gasteiger partial charge is 0.481 e. The smallest absolute Gasteiger partial charge is 0.407 e. The Bertz CT molecular complexity index is 1130. The van der Waals surface area contributed by atoms with Crippen LogP contribution in [-0.2, 0) is 14.3 Å². The molecule has 0 radical (unpaired) electrons. The van der Waals surface area contributed by atoms with Crippen molar-refractivity contribution in [3.63, 3.8) is 0 Å². The summed E-state index contributed by atoms with van der Waals surface area (Å²) in [5, 5.41) is 15.1. The molecule has 6 rings (SSSR count). The van der Waals surface area contributed by atoms with Crippen molar-refractivity contribution in [2.45, 2.75) is 37.6 Å². The molecule has 6 atom stereocenters. The Morgan fingerprint density at radius 2 is 1.57 bits per heavy atom. The number of carbonyl (C=O) groups is 3. The minimum absolute atomic E-state index is 0.00648. The van der Waals surface area contributed by atoms with Gasteiger partial charge in [-0.25, -0.2) is 4.79 Å². The van der Waals surface area contributed by atoms with Crippen LogP contribution in [0.5, 0.6) is 0 Å². The van der Waals surface area contributed by atoms with Crippen molar-refractivity contribution in [1.29, 1.82) is 0 Å². The summed E-state index contributed by atoms with van der Waals surface area (Å²) in [4.78, 5) is 37.0. The molecule has 2 aromatic rings. The number of amides is 2. The SMILES string of the molecule is O=C(NC1C2CCC(C2)C1C(=O)NC[C@@H]1C[C@@H]1C(=O)O)OCC1c2ccccc2-c2ccccc21. The Morgan fingerprint density at radius 1 is 0.914 bits per heavy atom. The number of ether oxygens (including phenoxy) is 1. The van der Waals surface area contributed by atoms with Crippen molar-refractivity contribution in [3.05, 3.63) is 59.7 Å². The third kappa shape index (κ3) is 3.97. The Morgan fingerprint density at radius 3 is 2.23 bits per heavy atom. The van der Waals surface area contributed by atoms with E-state index in [0.29, 0.717) is 13.0 Å². The number of benzene rings is 2. The first-order valence-electron chi connectivity index (χ1n) is 12.6. The van der Waals surface area contributed by atoms with Crippen LogP contribution in [0, 0.1) is 29.6 Å². The highest BCUT2D eigenvalue weighted by atomic mass is 16.5. The molecule has 2 aromatic carbocycles. The summed E-state index contributed by atoms with van der Waals surface area (Å²) in [7, 11) is 0. The summed E-state index contributed by atoms with van der Waals surface area (Å²) in [5.41, 5.74) is 4.70.